The van der Waals surface area contributed by atoms with E-state index in [1.165, 1.54) is 0 Å². The second-order valence-corrected chi connectivity index (χ2v) is 8.03. The number of aromatic nitrogens is 2. The zero-order valence-corrected chi connectivity index (χ0v) is 16.3. The number of ether oxygens (including phenoxy) is 2. The van der Waals surface area contributed by atoms with Crippen LogP contribution in [-0.4, -0.2) is 86.0 Å². The molecule has 4 rings (SSSR count). The summed E-state index contributed by atoms with van der Waals surface area (Å²) in [5.74, 6) is 1.95. The standard InChI is InChI=1S/C19H29N5O3/c1-22(2)16-9-17(21-14-20-16)24-12-19(13-24)10-15(5-8-27-19)26-11-18(25)23-6-3-4-7-23/h9,14-15H,3-8,10-13H2,1-2H3/t15-/m0/s1. The van der Waals surface area contributed by atoms with Crippen LogP contribution in [0.2, 0.25) is 0 Å². The van der Waals surface area contributed by atoms with Crippen molar-refractivity contribution < 1.29 is 14.3 Å². The Balaban J connectivity index is 1.29. The molecule has 27 heavy (non-hydrogen) atoms. The fourth-order valence-electron chi connectivity index (χ4n) is 4.16. The fraction of sp³-hybridized carbons (Fsp3) is 0.737. The number of likely N-dealkylation sites (tertiary alicyclic amines) is 1. The maximum atomic E-state index is 12.2. The van der Waals surface area contributed by atoms with Crippen molar-refractivity contribution in [3.05, 3.63) is 12.4 Å². The van der Waals surface area contributed by atoms with Crippen molar-refractivity contribution in [2.24, 2.45) is 0 Å². The predicted molar refractivity (Wildman–Crippen MR) is 102 cm³/mol. The molecule has 3 aliphatic heterocycles. The largest absolute Gasteiger partial charge is 0.371 e. The number of amides is 1. The Hall–Kier alpha value is -1.93. The SMILES string of the molecule is CN(C)c1cc(N2CC3(C[C@@H](OCC(=O)N4CCCC4)CCO3)C2)ncn1. The first-order valence-corrected chi connectivity index (χ1v) is 9.82. The highest BCUT2D eigenvalue weighted by molar-refractivity contribution is 5.77. The van der Waals surface area contributed by atoms with Gasteiger partial charge in [-0.05, 0) is 19.3 Å². The number of carbonyl (C=O) groups is 1. The average Bonchev–Trinajstić information content (AvgIpc) is 3.19. The molecule has 0 unspecified atom stereocenters. The topological polar surface area (TPSA) is 71.0 Å². The number of hydrogen-bond acceptors (Lipinski definition) is 7. The molecule has 0 N–H and O–H groups in total. The van der Waals surface area contributed by atoms with Crippen LogP contribution in [0.25, 0.3) is 0 Å². The normalized spacial score (nSPS) is 24.1. The monoisotopic (exact) mass is 375 g/mol. The molecule has 1 amide bonds. The van der Waals surface area contributed by atoms with E-state index in [-0.39, 0.29) is 24.2 Å². The number of anilines is 2. The summed E-state index contributed by atoms with van der Waals surface area (Å²) in [4.78, 5) is 27.0. The molecule has 1 aromatic rings. The molecule has 1 spiro atoms. The summed E-state index contributed by atoms with van der Waals surface area (Å²) < 4.78 is 12.1. The Bertz CT molecular complexity index is 671. The molecule has 0 bridgehead atoms. The van der Waals surface area contributed by atoms with E-state index in [1.54, 1.807) is 6.33 Å². The van der Waals surface area contributed by atoms with Gasteiger partial charge in [0.05, 0.1) is 19.2 Å². The van der Waals surface area contributed by atoms with Gasteiger partial charge in [0.15, 0.2) is 0 Å². The third kappa shape index (κ3) is 4.01. The summed E-state index contributed by atoms with van der Waals surface area (Å²) in [6.07, 6.45) is 5.61. The van der Waals surface area contributed by atoms with E-state index >= 15 is 0 Å². The van der Waals surface area contributed by atoms with Crippen molar-refractivity contribution in [2.45, 2.75) is 37.4 Å². The van der Waals surface area contributed by atoms with E-state index < -0.39 is 0 Å². The Kier molecular flexibility index (Phi) is 5.19. The van der Waals surface area contributed by atoms with Crippen LogP contribution in [0.4, 0.5) is 11.6 Å². The fourth-order valence-corrected chi connectivity index (χ4v) is 4.16. The van der Waals surface area contributed by atoms with Crippen LogP contribution in [0.1, 0.15) is 25.7 Å². The maximum Gasteiger partial charge on any atom is 0.248 e. The van der Waals surface area contributed by atoms with Gasteiger partial charge in [-0.1, -0.05) is 0 Å². The van der Waals surface area contributed by atoms with Gasteiger partial charge in [0.1, 0.15) is 30.2 Å². The number of hydrogen-bond donors (Lipinski definition) is 0. The summed E-state index contributed by atoms with van der Waals surface area (Å²) in [5, 5.41) is 0. The van der Waals surface area contributed by atoms with Crippen LogP contribution in [0.15, 0.2) is 12.4 Å². The number of rotatable bonds is 5. The van der Waals surface area contributed by atoms with Crippen LogP contribution in [0.3, 0.4) is 0 Å². The molecule has 1 aromatic heterocycles. The van der Waals surface area contributed by atoms with E-state index in [4.69, 9.17) is 9.47 Å². The molecule has 0 aliphatic carbocycles. The summed E-state index contributed by atoms with van der Waals surface area (Å²) in [6.45, 7) is 4.24. The molecule has 1 atom stereocenters. The summed E-state index contributed by atoms with van der Waals surface area (Å²) >= 11 is 0. The van der Waals surface area contributed by atoms with Crippen molar-refractivity contribution in [1.29, 1.82) is 0 Å². The highest BCUT2D eigenvalue weighted by Gasteiger charge is 2.48. The van der Waals surface area contributed by atoms with Gasteiger partial charge >= 0.3 is 0 Å². The molecule has 4 heterocycles. The third-order valence-electron chi connectivity index (χ3n) is 5.73. The molecule has 148 valence electrons. The average molecular weight is 375 g/mol. The van der Waals surface area contributed by atoms with E-state index in [0.29, 0.717) is 6.61 Å². The van der Waals surface area contributed by atoms with E-state index in [0.717, 1.165) is 63.5 Å². The van der Waals surface area contributed by atoms with E-state index in [9.17, 15) is 4.79 Å². The molecular weight excluding hydrogens is 346 g/mol. The molecule has 0 radical (unpaired) electrons. The highest BCUT2D eigenvalue weighted by atomic mass is 16.5. The quantitative estimate of drug-likeness (QED) is 0.758. The van der Waals surface area contributed by atoms with Gasteiger partial charge in [-0.15, -0.1) is 0 Å². The Morgan fingerprint density at radius 3 is 2.85 bits per heavy atom. The lowest BCUT2D eigenvalue weighted by molar-refractivity contribution is -0.157. The second kappa shape index (κ2) is 7.59. The van der Waals surface area contributed by atoms with E-state index in [1.807, 2.05) is 30.0 Å². The second-order valence-electron chi connectivity index (χ2n) is 8.03. The first-order valence-electron chi connectivity index (χ1n) is 9.82. The minimum absolute atomic E-state index is 0.0928. The minimum Gasteiger partial charge on any atom is -0.371 e. The van der Waals surface area contributed by atoms with Crippen LogP contribution < -0.4 is 9.80 Å². The lowest BCUT2D eigenvalue weighted by Crippen LogP contribution is -2.66. The van der Waals surface area contributed by atoms with Crippen molar-refractivity contribution in [3.8, 4) is 0 Å². The summed E-state index contributed by atoms with van der Waals surface area (Å²) in [5.41, 5.74) is -0.178. The van der Waals surface area contributed by atoms with Crippen LogP contribution >= 0.6 is 0 Å². The Morgan fingerprint density at radius 1 is 1.33 bits per heavy atom. The van der Waals surface area contributed by atoms with Crippen LogP contribution in [0.5, 0.6) is 0 Å². The molecule has 0 aromatic carbocycles. The summed E-state index contributed by atoms with van der Waals surface area (Å²) in [6, 6.07) is 2.00. The first kappa shape index (κ1) is 18.4. The third-order valence-corrected chi connectivity index (χ3v) is 5.73. The maximum absolute atomic E-state index is 12.2. The lowest BCUT2D eigenvalue weighted by Gasteiger charge is -2.53. The zero-order valence-electron chi connectivity index (χ0n) is 16.3. The Morgan fingerprint density at radius 2 is 2.11 bits per heavy atom. The van der Waals surface area contributed by atoms with Gasteiger partial charge in [-0.25, -0.2) is 9.97 Å². The van der Waals surface area contributed by atoms with Crippen LogP contribution in [0, 0.1) is 0 Å². The predicted octanol–water partition coefficient (Wildman–Crippen LogP) is 0.919. The van der Waals surface area contributed by atoms with Gasteiger partial charge in [-0.3, -0.25) is 4.79 Å². The molecule has 8 nitrogen and oxygen atoms in total. The molecule has 3 aliphatic rings. The van der Waals surface area contributed by atoms with Gasteiger partial charge in [0.2, 0.25) is 5.91 Å². The van der Waals surface area contributed by atoms with Gasteiger partial charge in [0, 0.05) is 46.3 Å². The lowest BCUT2D eigenvalue weighted by atomic mass is 9.84. The van der Waals surface area contributed by atoms with Crippen molar-refractivity contribution in [1.82, 2.24) is 14.9 Å². The first-order chi connectivity index (χ1) is 13.0. The van der Waals surface area contributed by atoms with Crippen molar-refractivity contribution in [2.75, 3.05) is 63.3 Å². The number of nitrogens with zero attached hydrogens (tertiary/aromatic N) is 5. The smallest absolute Gasteiger partial charge is 0.248 e. The summed E-state index contributed by atoms with van der Waals surface area (Å²) in [7, 11) is 3.94. The zero-order chi connectivity index (χ0) is 18.9. The van der Waals surface area contributed by atoms with Gasteiger partial charge in [0.25, 0.3) is 0 Å². The van der Waals surface area contributed by atoms with Gasteiger partial charge in [-0.2, -0.15) is 0 Å². The van der Waals surface area contributed by atoms with Gasteiger partial charge < -0.3 is 24.2 Å². The van der Waals surface area contributed by atoms with Crippen molar-refractivity contribution in [3.63, 3.8) is 0 Å². The van der Waals surface area contributed by atoms with Crippen LogP contribution in [-0.2, 0) is 14.3 Å². The molecule has 8 heteroatoms. The number of carbonyl (C=O) groups excluding carboxylic acids is 1. The molecule has 3 fully saturated rings. The van der Waals surface area contributed by atoms with E-state index in [2.05, 4.69) is 14.9 Å². The highest BCUT2D eigenvalue weighted by Crippen LogP contribution is 2.37. The molecule has 0 saturated carbocycles. The minimum atomic E-state index is -0.178. The molecular formula is C19H29N5O3. The Labute approximate surface area is 160 Å². The molecule has 3 saturated heterocycles. The van der Waals surface area contributed by atoms with Crippen molar-refractivity contribution >= 4 is 17.5 Å².